The van der Waals surface area contributed by atoms with Crippen molar-refractivity contribution in [3.8, 4) is 0 Å². The average molecular weight is 385 g/mol. The van der Waals surface area contributed by atoms with Gasteiger partial charge >= 0.3 is 0 Å². The zero-order chi connectivity index (χ0) is 16.4. The lowest BCUT2D eigenvalue weighted by atomic mass is 10.2. The van der Waals surface area contributed by atoms with E-state index in [0.717, 1.165) is 53.2 Å². The number of nitrogens with one attached hydrogen (secondary N) is 1. The van der Waals surface area contributed by atoms with Gasteiger partial charge in [-0.3, -0.25) is 0 Å². The van der Waals surface area contributed by atoms with Crippen LogP contribution < -0.4 is 10.2 Å². The number of fused-ring (bicyclic) bond motifs is 1. The van der Waals surface area contributed by atoms with E-state index in [4.69, 9.17) is 9.72 Å². The monoisotopic (exact) mass is 384 g/mol. The van der Waals surface area contributed by atoms with Crippen LogP contribution in [0.1, 0.15) is 0 Å². The van der Waals surface area contributed by atoms with Crippen LogP contribution in [-0.2, 0) is 4.74 Å². The Morgan fingerprint density at radius 2 is 1.71 bits per heavy atom. The van der Waals surface area contributed by atoms with Crippen molar-refractivity contribution in [3.05, 3.63) is 53.0 Å². The summed E-state index contributed by atoms with van der Waals surface area (Å²) in [6.07, 6.45) is 0. The summed E-state index contributed by atoms with van der Waals surface area (Å²) in [5.41, 5.74) is 1.90. The first-order chi connectivity index (χ1) is 11.8. The highest BCUT2D eigenvalue weighted by Gasteiger charge is 2.17. The van der Waals surface area contributed by atoms with Gasteiger partial charge in [0.1, 0.15) is 5.82 Å². The number of hydrogen-bond donors (Lipinski definition) is 1. The number of benzene rings is 2. The molecule has 1 aliphatic heterocycles. The van der Waals surface area contributed by atoms with Crippen molar-refractivity contribution >= 4 is 44.3 Å². The highest BCUT2D eigenvalue weighted by Crippen LogP contribution is 2.27. The topological polar surface area (TPSA) is 50.3 Å². The first-order valence-electron chi connectivity index (χ1n) is 7.92. The van der Waals surface area contributed by atoms with E-state index in [-0.39, 0.29) is 0 Å². The number of halogens is 1. The number of ether oxygens (including phenoxy) is 1. The molecule has 122 valence electrons. The lowest BCUT2D eigenvalue weighted by Crippen LogP contribution is -2.37. The third-order valence-corrected chi connectivity index (χ3v) is 4.52. The molecule has 6 heteroatoms. The number of aromatic nitrogens is 2. The van der Waals surface area contributed by atoms with Crippen LogP contribution in [0.5, 0.6) is 0 Å². The molecule has 1 aliphatic rings. The zero-order valence-corrected chi connectivity index (χ0v) is 14.7. The molecule has 2 aromatic carbocycles. The molecule has 1 N–H and O–H groups in total. The molecule has 0 saturated carbocycles. The van der Waals surface area contributed by atoms with Crippen LogP contribution in [0.4, 0.5) is 17.5 Å². The maximum atomic E-state index is 5.47. The Morgan fingerprint density at radius 3 is 2.50 bits per heavy atom. The summed E-state index contributed by atoms with van der Waals surface area (Å²) in [5.74, 6) is 1.57. The second-order valence-corrected chi connectivity index (χ2v) is 6.53. The molecule has 1 saturated heterocycles. The van der Waals surface area contributed by atoms with Gasteiger partial charge in [-0.25, -0.2) is 4.98 Å². The number of hydrogen-bond acceptors (Lipinski definition) is 5. The van der Waals surface area contributed by atoms with Crippen molar-refractivity contribution in [1.82, 2.24) is 9.97 Å². The third kappa shape index (κ3) is 3.20. The summed E-state index contributed by atoms with van der Waals surface area (Å²) in [6, 6.07) is 16.1. The maximum absolute atomic E-state index is 5.47. The standard InChI is InChI=1S/C18H17BrN4O/c19-13-5-7-14(8-6-13)20-18-21-16-4-2-1-3-15(16)17(22-18)23-9-11-24-12-10-23/h1-8H,9-12H2,(H,20,21,22). The van der Waals surface area contributed by atoms with E-state index in [1.165, 1.54) is 0 Å². The van der Waals surface area contributed by atoms with Gasteiger partial charge in [0.15, 0.2) is 0 Å². The van der Waals surface area contributed by atoms with Gasteiger partial charge in [0.25, 0.3) is 0 Å². The Hall–Kier alpha value is -2.18. The van der Waals surface area contributed by atoms with Crippen LogP contribution in [0.25, 0.3) is 10.9 Å². The lowest BCUT2D eigenvalue weighted by molar-refractivity contribution is 0.122. The van der Waals surface area contributed by atoms with Crippen LogP contribution in [0.15, 0.2) is 53.0 Å². The van der Waals surface area contributed by atoms with Crippen molar-refractivity contribution in [2.75, 3.05) is 36.5 Å². The van der Waals surface area contributed by atoms with Crippen LogP contribution >= 0.6 is 15.9 Å². The number of rotatable bonds is 3. The van der Waals surface area contributed by atoms with E-state index in [9.17, 15) is 0 Å². The molecule has 1 fully saturated rings. The fourth-order valence-electron chi connectivity index (χ4n) is 2.79. The van der Waals surface area contributed by atoms with Crippen molar-refractivity contribution in [2.24, 2.45) is 0 Å². The summed E-state index contributed by atoms with van der Waals surface area (Å²) < 4.78 is 6.51. The second kappa shape index (κ2) is 6.75. The van der Waals surface area contributed by atoms with Gasteiger partial charge in [-0.2, -0.15) is 4.98 Å². The van der Waals surface area contributed by atoms with E-state index < -0.39 is 0 Å². The highest BCUT2D eigenvalue weighted by molar-refractivity contribution is 9.10. The second-order valence-electron chi connectivity index (χ2n) is 5.62. The SMILES string of the molecule is Brc1ccc(Nc2nc(N3CCOCC3)c3ccccc3n2)cc1. The molecule has 3 aromatic rings. The van der Waals surface area contributed by atoms with Crippen LogP contribution in [0, 0.1) is 0 Å². The Balaban J connectivity index is 1.74. The first kappa shape index (κ1) is 15.4. The predicted molar refractivity (Wildman–Crippen MR) is 100.0 cm³/mol. The molecule has 0 amide bonds. The molecule has 0 bridgehead atoms. The Bertz CT molecular complexity index is 847. The molecule has 0 aliphatic carbocycles. The Kier molecular flexibility index (Phi) is 4.32. The molecule has 0 spiro atoms. The van der Waals surface area contributed by atoms with E-state index in [1.54, 1.807) is 0 Å². The van der Waals surface area contributed by atoms with Gasteiger partial charge in [-0.1, -0.05) is 28.1 Å². The largest absolute Gasteiger partial charge is 0.378 e. The van der Waals surface area contributed by atoms with Crippen LogP contribution in [-0.4, -0.2) is 36.3 Å². The Morgan fingerprint density at radius 1 is 0.958 bits per heavy atom. The van der Waals surface area contributed by atoms with Crippen molar-refractivity contribution < 1.29 is 4.74 Å². The van der Waals surface area contributed by atoms with Gasteiger partial charge in [-0.05, 0) is 36.4 Å². The minimum Gasteiger partial charge on any atom is -0.378 e. The number of nitrogens with zero attached hydrogens (tertiary/aromatic N) is 3. The molecule has 0 unspecified atom stereocenters. The molecule has 24 heavy (non-hydrogen) atoms. The van der Waals surface area contributed by atoms with Gasteiger partial charge in [0, 0.05) is 28.6 Å². The quantitative estimate of drug-likeness (QED) is 0.740. The minimum absolute atomic E-state index is 0.609. The van der Waals surface area contributed by atoms with E-state index >= 15 is 0 Å². The van der Waals surface area contributed by atoms with E-state index in [2.05, 4.69) is 37.2 Å². The van der Waals surface area contributed by atoms with E-state index in [1.807, 2.05) is 42.5 Å². The number of morpholine rings is 1. The average Bonchev–Trinajstić information content (AvgIpc) is 2.64. The molecular weight excluding hydrogens is 368 g/mol. The van der Waals surface area contributed by atoms with Crippen LogP contribution in [0.2, 0.25) is 0 Å². The number of para-hydroxylation sites is 1. The van der Waals surface area contributed by atoms with Crippen molar-refractivity contribution in [1.29, 1.82) is 0 Å². The normalized spacial score (nSPS) is 14.8. The summed E-state index contributed by atoms with van der Waals surface area (Å²) in [5, 5.41) is 4.37. The summed E-state index contributed by atoms with van der Waals surface area (Å²) in [7, 11) is 0. The third-order valence-electron chi connectivity index (χ3n) is 3.99. The van der Waals surface area contributed by atoms with Crippen LogP contribution in [0.3, 0.4) is 0 Å². The smallest absolute Gasteiger partial charge is 0.229 e. The van der Waals surface area contributed by atoms with Gasteiger partial charge in [0.05, 0.1) is 18.7 Å². The fourth-order valence-corrected chi connectivity index (χ4v) is 3.06. The molecule has 1 aromatic heterocycles. The summed E-state index contributed by atoms with van der Waals surface area (Å²) >= 11 is 3.45. The van der Waals surface area contributed by atoms with Gasteiger partial charge in [-0.15, -0.1) is 0 Å². The number of anilines is 3. The molecular formula is C18H17BrN4O. The predicted octanol–water partition coefficient (Wildman–Crippen LogP) is 3.97. The molecule has 0 radical (unpaired) electrons. The molecule has 0 atom stereocenters. The van der Waals surface area contributed by atoms with Crippen molar-refractivity contribution in [2.45, 2.75) is 0 Å². The Labute approximate surface area is 148 Å². The van der Waals surface area contributed by atoms with Gasteiger partial charge < -0.3 is 15.0 Å². The molecule has 2 heterocycles. The zero-order valence-electron chi connectivity index (χ0n) is 13.1. The maximum Gasteiger partial charge on any atom is 0.229 e. The first-order valence-corrected chi connectivity index (χ1v) is 8.71. The fraction of sp³-hybridized carbons (Fsp3) is 0.222. The van der Waals surface area contributed by atoms with Crippen molar-refractivity contribution in [3.63, 3.8) is 0 Å². The van der Waals surface area contributed by atoms with E-state index in [0.29, 0.717) is 5.95 Å². The summed E-state index contributed by atoms with van der Waals surface area (Å²) in [4.78, 5) is 11.7. The van der Waals surface area contributed by atoms with Gasteiger partial charge in [0.2, 0.25) is 5.95 Å². The molecule has 4 rings (SSSR count). The molecule has 5 nitrogen and oxygen atoms in total. The highest BCUT2D eigenvalue weighted by atomic mass is 79.9. The minimum atomic E-state index is 0.609. The summed E-state index contributed by atoms with van der Waals surface area (Å²) in [6.45, 7) is 3.15. The lowest BCUT2D eigenvalue weighted by Gasteiger charge is -2.29.